The van der Waals surface area contributed by atoms with Gasteiger partial charge < -0.3 is 9.42 Å². The van der Waals surface area contributed by atoms with Gasteiger partial charge in [0.1, 0.15) is 11.5 Å². The van der Waals surface area contributed by atoms with Gasteiger partial charge in [0.2, 0.25) is 11.5 Å². The fourth-order valence-corrected chi connectivity index (χ4v) is 2.81. The lowest BCUT2D eigenvalue weighted by Crippen LogP contribution is -2.33. The molecule has 1 unspecified atom stereocenters. The molecule has 9 heteroatoms. The van der Waals surface area contributed by atoms with E-state index in [4.69, 9.17) is 4.52 Å². The second kappa shape index (κ2) is 6.25. The lowest BCUT2D eigenvalue weighted by molar-refractivity contribution is 0.0711. The quantitative estimate of drug-likeness (QED) is 0.715. The van der Waals surface area contributed by atoms with Crippen LogP contribution in [0.2, 0.25) is 0 Å². The number of alkyl halides is 1. The maximum Gasteiger partial charge on any atom is 0.274 e. The molecule has 0 bridgehead atoms. The molecule has 0 saturated carbocycles. The predicted octanol–water partition coefficient (Wildman–Crippen LogP) is 2.38. The highest BCUT2D eigenvalue weighted by Crippen LogP contribution is 2.36. The first-order chi connectivity index (χ1) is 12.5. The first-order valence-electron chi connectivity index (χ1n) is 7.89. The van der Waals surface area contributed by atoms with Crippen LogP contribution in [0.3, 0.4) is 0 Å². The van der Waals surface area contributed by atoms with Gasteiger partial charge in [0.25, 0.3) is 11.8 Å². The summed E-state index contributed by atoms with van der Waals surface area (Å²) in [5.74, 6) is -0.841. The fourth-order valence-electron chi connectivity index (χ4n) is 2.81. The van der Waals surface area contributed by atoms with Crippen molar-refractivity contribution in [3.05, 3.63) is 60.3 Å². The van der Waals surface area contributed by atoms with Crippen LogP contribution < -0.4 is 0 Å². The Kier molecular flexibility index (Phi) is 3.90. The van der Waals surface area contributed by atoms with Crippen LogP contribution >= 0.6 is 0 Å². The van der Waals surface area contributed by atoms with E-state index in [0.29, 0.717) is 5.56 Å². The van der Waals surface area contributed by atoms with Gasteiger partial charge in [-0.1, -0.05) is 5.16 Å². The zero-order valence-corrected chi connectivity index (χ0v) is 13.5. The summed E-state index contributed by atoms with van der Waals surface area (Å²) >= 11 is 0. The number of nitrogens with zero attached hydrogens (tertiary/aromatic N) is 5. The van der Waals surface area contributed by atoms with Crippen molar-refractivity contribution in [1.82, 2.24) is 25.0 Å². The van der Waals surface area contributed by atoms with Crippen molar-refractivity contribution < 1.29 is 18.1 Å². The largest absolute Gasteiger partial charge is 0.335 e. The molecule has 1 fully saturated rings. The molecule has 0 N–H and O–H groups in total. The van der Waals surface area contributed by atoms with Crippen molar-refractivity contribution in [3.8, 4) is 11.4 Å². The van der Waals surface area contributed by atoms with Crippen LogP contribution in [-0.2, 0) is 5.67 Å². The van der Waals surface area contributed by atoms with Gasteiger partial charge >= 0.3 is 0 Å². The number of hydrogen-bond acceptors (Lipinski definition) is 6. The first kappa shape index (κ1) is 16.2. The zero-order valence-electron chi connectivity index (χ0n) is 13.5. The molecular weight excluding hydrogens is 344 g/mol. The minimum atomic E-state index is -1.94. The Bertz CT molecular complexity index is 932. The molecule has 1 saturated heterocycles. The van der Waals surface area contributed by atoms with Crippen LogP contribution in [0, 0.1) is 5.82 Å². The third-order valence-corrected chi connectivity index (χ3v) is 4.20. The molecule has 26 heavy (non-hydrogen) atoms. The Labute approximate surface area is 146 Å². The van der Waals surface area contributed by atoms with Gasteiger partial charge in [0.05, 0.1) is 12.7 Å². The molecule has 132 valence electrons. The number of hydrogen-bond donors (Lipinski definition) is 0. The highest BCUT2D eigenvalue weighted by atomic mass is 19.1. The molecule has 1 atom stereocenters. The number of carbonyl (C=O) groups excluding carboxylic acids is 1. The number of aromatic nitrogens is 4. The van der Waals surface area contributed by atoms with E-state index in [-0.39, 0.29) is 36.9 Å². The van der Waals surface area contributed by atoms with Crippen molar-refractivity contribution in [3.63, 3.8) is 0 Å². The van der Waals surface area contributed by atoms with E-state index >= 15 is 4.39 Å². The summed E-state index contributed by atoms with van der Waals surface area (Å²) < 4.78 is 33.4. The zero-order chi connectivity index (χ0) is 18.1. The Morgan fingerprint density at radius 2 is 2.04 bits per heavy atom. The van der Waals surface area contributed by atoms with Crippen molar-refractivity contribution in [1.29, 1.82) is 0 Å². The Balaban J connectivity index is 1.53. The molecule has 0 aliphatic carbocycles. The van der Waals surface area contributed by atoms with E-state index < -0.39 is 17.4 Å². The summed E-state index contributed by atoms with van der Waals surface area (Å²) in [4.78, 5) is 25.6. The minimum absolute atomic E-state index is 0.0318. The average Bonchev–Trinajstić information content (AvgIpc) is 3.31. The van der Waals surface area contributed by atoms with Crippen LogP contribution in [-0.4, -0.2) is 44.0 Å². The van der Waals surface area contributed by atoms with Crippen LogP contribution in [0.25, 0.3) is 11.4 Å². The minimum Gasteiger partial charge on any atom is -0.335 e. The molecule has 3 heterocycles. The number of halogens is 2. The van der Waals surface area contributed by atoms with E-state index in [1.165, 1.54) is 47.8 Å². The van der Waals surface area contributed by atoms with Crippen LogP contribution in [0.1, 0.15) is 22.8 Å². The van der Waals surface area contributed by atoms with Crippen molar-refractivity contribution in [2.75, 3.05) is 13.1 Å². The Morgan fingerprint density at radius 3 is 2.77 bits per heavy atom. The second-order valence-corrected chi connectivity index (χ2v) is 5.96. The fraction of sp³-hybridized carbons (Fsp3) is 0.235. The standard InChI is InChI=1S/C17H13F2N5O2/c18-12-3-1-11(2-4-12)14-22-16(26-23-14)17(19)5-8-24(10-17)15(25)13-9-20-6-7-21-13/h1-4,6-7,9H,5,8,10H2. The maximum absolute atomic E-state index is 15.3. The molecule has 1 aliphatic rings. The summed E-state index contributed by atoms with van der Waals surface area (Å²) in [6.07, 6.45) is 4.22. The lowest BCUT2D eigenvalue weighted by atomic mass is 10.1. The van der Waals surface area contributed by atoms with Gasteiger partial charge in [-0.05, 0) is 24.3 Å². The van der Waals surface area contributed by atoms with Gasteiger partial charge in [-0.3, -0.25) is 9.78 Å². The van der Waals surface area contributed by atoms with Crippen molar-refractivity contribution in [2.45, 2.75) is 12.1 Å². The molecule has 4 rings (SSSR count). The number of rotatable bonds is 3. The first-order valence-corrected chi connectivity index (χ1v) is 7.89. The number of benzene rings is 1. The van der Waals surface area contributed by atoms with Crippen molar-refractivity contribution >= 4 is 5.91 Å². The topological polar surface area (TPSA) is 85.0 Å². The molecule has 1 amide bonds. The van der Waals surface area contributed by atoms with Gasteiger partial charge in [0.15, 0.2) is 0 Å². The molecule has 1 aliphatic heterocycles. The van der Waals surface area contributed by atoms with E-state index in [0.717, 1.165) is 0 Å². The molecular formula is C17H13F2N5O2. The molecule has 0 spiro atoms. The third-order valence-electron chi connectivity index (χ3n) is 4.20. The monoisotopic (exact) mass is 357 g/mol. The van der Waals surface area contributed by atoms with Gasteiger partial charge in [-0.25, -0.2) is 13.8 Å². The van der Waals surface area contributed by atoms with Gasteiger partial charge in [-0.15, -0.1) is 0 Å². The molecule has 3 aromatic rings. The van der Waals surface area contributed by atoms with Gasteiger partial charge in [0, 0.05) is 30.9 Å². The predicted molar refractivity (Wildman–Crippen MR) is 85.0 cm³/mol. The summed E-state index contributed by atoms with van der Waals surface area (Å²) in [7, 11) is 0. The lowest BCUT2D eigenvalue weighted by Gasteiger charge is -2.17. The highest BCUT2D eigenvalue weighted by molar-refractivity contribution is 5.92. The Hall–Kier alpha value is -3.23. The van der Waals surface area contributed by atoms with Crippen LogP contribution in [0.5, 0.6) is 0 Å². The summed E-state index contributed by atoms with van der Waals surface area (Å²) in [5.41, 5.74) is -1.28. The second-order valence-electron chi connectivity index (χ2n) is 5.96. The third kappa shape index (κ3) is 2.92. The van der Waals surface area contributed by atoms with E-state index in [1.807, 2.05) is 0 Å². The van der Waals surface area contributed by atoms with Crippen LogP contribution in [0.15, 0.2) is 47.4 Å². The summed E-state index contributed by atoms with van der Waals surface area (Å²) in [5, 5.41) is 3.76. The van der Waals surface area contributed by atoms with Crippen molar-refractivity contribution in [2.24, 2.45) is 0 Å². The molecule has 0 radical (unpaired) electrons. The molecule has 1 aromatic carbocycles. The number of carbonyl (C=O) groups is 1. The van der Waals surface area contributed by atoms with E-state index in [2.05, 4.69) is 20.1 Å². The highest BCUT2D eigenvalue weighted by Gasteiger charge is 2.46. The smallest absolute Gasteiger partial charge is 0.274 e. The summed E-state index contributed by atoms with van der Waals surface area (Å²) in [6, 6.07) is 5.47. The molecule has 7 nitrogen and oxygen atoms in total. The maximum atomic E-state index is 15.3. The van der Waals surface area contributed by atoms with E-state index in [1.54, 1.807) is 0 Å². The number of likely N-dealkylation sites (tertiary alicyclic amines) is 1. The summed E-state index contributed by atoms with van der Waals surface area (Å²) in [6.45, 7) is -0.0202. The van der Waals surface area contributed by atoms with Gasteiger partial charge in [-0.2, -0.15) is 4.98 Å². The molecule has 2 aromatic heterocycles. The van der Waals surface area contributed by atoms with E-state index in [9.17, 15) is 9.18 Å². The Morgan fingerprint density at radius 1 is 1.23 bits per heavy atom. The normalized spacial score (nSPS) is 19.7. The van der Waals surface area contributed by atoms with Crippen LogP contribution in [0.4, 0.5) is 8.78 Å². The average molecular weight is 357 g/mol. The SMILES string of the molecule is O=C(c1cnccn1)N1CCC(F)(c2nc(-c3ccc(F)cc3)no2)C1. The number of amides is 1.